The van der Waals surface area contributed by atoms with Gasteiger partial charge in [0.1, 0.15) is 11.6 Å². The molecule has 36 heavy (non-hydrogen) atoms. The summed E-state index contributed by atoms with van der Waals surface area (Å²) in [4.78, 5) is 19.7. The highest BCUT2D eigenvalue weighted by Gasteiger charge is 2.26. The first kappa shape index (κ1) is 25.5. The summed E-state index contributed by atoms with van der Waals surface area (Å²) in [7, 11) is 4.05. The van der Waals surface area contributed by atoms with Crippen LogP contribution in [0.5, 0.6) is 5.75 Å². The average molecular weight is 491 g/mol. The van der Waals surface area contributed by atoms with E-state index in [2.05, 4.69) is 44.3 Å². The molecule has 0 aliphatic carbocycles. The Balaban J connectivity index is 1.45. The molecule has 0 aromatic heterocycles. The van der Waals surface area contributed by atoms with Gasteiger partial charge in [0.15, 0.2) is 0 Å². The van der Waals surface area contributed by atoms with Gasteiger partial charge >= 0.3 is 0 Å². The lowest BCUT2D eigenvalue weighted by Crippen LogP contribution is -2.50. The smallest absolute Gasteiger partial charge is 0.251 e. The summed E-state index contributed by atoms with van der Waals surface area (Å²) in [5, 5.41) is 3.15. The van der Waals surface area contributed by atoms with Gasteiger partial charge in [0.25, 0.3) is 5.91 Å². The summed E-state index contributed by atoms with van der Waals surface area (Å²) in [5.41, 5.74) is 3.95. The molecule has 0 saturated carbocycles. The predicted molar refractivity (Wildman–Crippen MR) is 144 cm³/mol. The van der Waals surface area contributed by atoms with Crippen LogP contribution in [0.2, 0.25) is 0 Å². The molecule has 4 rings (SSSR count). The molecule has 0 spiro atoms. The Morgan fingerprint density at radius 2 is 1.58 bits per heavy atom. The Kier molecular flexibility index (Phi) is 8.44. The van der Waals surface area contributed by atoms with Crippen LogP contribution in [0.4, 0.5) is 15.8 Å². The quantitative estimate of drug-likeness (QED) is 0.476. The molecule has 6 nitrogen and oxygen atoms in total. The highest BCUT2D eigenvalue weighted by atomic mass is 19.1. The third-order valence-corrected chi connectivity index (χ3v) is 6.62. The van der Waals surface area contributed by atoms with Crippen molar-refractivity contribution in [2.45, 2.75) is 13.0 Å². The molecule has 0 unspecified atom stereocenters. The number of rotatable bonds is 9. The van der Waals surface area contributed by atoms with Gasteiger partial charge < -0.3 is 19.9 Å². The lowest BCUT2D eigenvalue weighted by molar-refractivity contribution is 0.0930. The van der Waals surface area contributed by atoms with Crippen molar-refractivity contribution in [1.29, 1.82) is 0 Å². The average Bonchev–Trinajstić information content (AvgIpc) is 2.90. The number of piperazine rings is 1. The Morgan fingerprint density at radius 3 is 2.17 bits per heavy atom. The fourth-order valence-electron chi connectivity index (χ4n) is 4.56. The van der Waals surface area contributed by atoms with Crippen molar-refractivity contribution in [3.63, 3.8) is 0 Å². The highest BCUT2D eigenvalue weighted by Crippen LogP contribution is 2.26. The van der Waals surface area contributed by atoms with E-state index in [1.54, 1.807) is 12.1 Å². The van der Waals surface area contributed by atoms with E-state index in [4.69, 9.17) is 4.74 Å². The molecule has 1 aliphatic rings. The molecule has 1 fully saturated rings. The molecule has 0 bridgehead atoms. The van der Waals surface area contributed by atoms with Gasteiger partial charge in [0.2, 0.25) is 0 Å². The molecular formula is C29H35FN4O2. The second-order valence-corrected chi connectivity index (χ2v) is 9.17. The SMILES string of the molecule is CCOc1ccc(C(=O)NC[C@@H](c2ccc(N(C)C)cc2)N2CCN(c3ccc(F)cc3)CC2)cc1. The minimum absolute atomic E-state index is 0.0447. The van der Waals surface area contributed by atoms with Gasteiger partial charge in [-0.05, 0) is 73.2 Å². The molecule has 1 aliphatic heterocycles. The van der Waals surface area contributed by atoms with Crippen molar-refractivity contribution in [3.05, 3.63) is 89.7 Å². The van der Waals surface area contributed by atoms with E-state index < -0.39 is 0 Å². The van der Waals surface area contributed by atoms with Crippen LogP contribution in [-0.2, 0) is 0 Å². The Hall–Kier alpha value is -3.58. The van der Waals surface area contributed by atoms with E-state index in [-0.39, 0.29) is 17.8 Å². The van der Waals surface area contributed by atoms with Crippen molar-refractivity contribution in [2.75, 3.05) is 63.2 Å². The second-order valence-electron chi connectivity index (χ2n) is 9.17. The zero-order valence-corrected chi connectivity index (χ0v) is 21.3. The first-order chi connectivity index (χ1) is 17.4. The third kappa shape index (κ3) is 6.34. The van der Waals surface area contributed by atoms with Crippen molar-refractivity contribution in [2.24, 2.45) is 0 Å². The Labute approximate surface area is 213 Å². The van der Waals surface area contributed by atoms with Crippen LogP contribution in [0.15, 0.2) is 72.8 Å². The van der Waals surface area contributed by atoms with E-state index >= 15 is 0 Å². The maximum absolute atomic E-state index is 13.3. The van der Waals surface area contributed by atoms with Gasteiger partial charge in [-0.2, -0.15) is 0 Å². The molecule has 1 N–H and O–H groups in total. The van der Waals surface area contributed by atoms with Crippen molar-refractivity contribution >= 4 is 17.3 Å². The number of carbonyl (C=O) groups is 1. The third-order valence-electron chi connectivity index (χ3n) is 6.62. The number of hydrogen-bond acceptors (Lipinski definition) is 5. The maximum Gasteiger partial charge on any atom is 0.251 e. The van der Waals surface area contributed by atoms with E-state index in [0.717, 1.165) is 43.3 Å². The molecule has 3 aromatic rings. The van der Waals surface area contributed by atoms with E-state index in [0.29, 0.717) is 18.7 Å². The normalized spacial score (nSPS) is 14.8. The van der Waals surface area contributed by atoms with Gasteiger partial charge in [-0.15, -0.1) is 0 Å². The van der Waals surface area contributed by atoms with Crippen LogP contribution in [0.1, 0.15) is 28.9 Å². The monoisotopic (exact) mass is 490 g/mol. The van der Waals surface area contributed by atoms with Gasteiger partial charge in [-0.25, -0.2) is 4.39 Å². The van der Waals surface area contributed by atoms with Crippen molar-refractivity contribution in [1.82, 2.24) is 10.2 Å². The van der Waals surface area contributed by atoms with Gasteiger partial charge in [-0.1, -0.05) is 12.1 Å². The molecule has 3 aromatic carbocycles. The summed E-state index contributed by atoms with van der Waals surface area (Å²) in [5.74, 6) is 0.437. The summed E-state index contributed by atoms with van der Waals surface area (Å²) in [6.07, 6.45) is 0. The lowest BCUT2D eigenvalue weighted by Gasteiger charge is -2.40. The number of carbonyl (C=O) groups excluding carboxylic acids is 1. The first-order valence-corrected chi connectivity index (χ1v) is 12.5. The fourth-order valence-corrected chi connectivity index (χ4v) is 4.56. The second kappa shape index (κ2) is 11.9. The van der Waals surface area contributed by atoms with Crippen LogP contribution in [0, 0.1) is 5.82 Å². The predicted octanol–water partition coefficient (Wildman–Crippen LogP) is 4.58. The fraction of sp³-hybridized carbons (Fsp3) is 0.345. The molecule has 190 valence electrons. The summed E-state index contributed by atoms with van der Waals surface area (Å²) in [6.45, 7) is 6.39. The maximum atomic E-state index is 13.3. The van der Waals surface area contributed by atoms with E-state index in [1.807, 2.05) is 45.3 Å². The molecule has 1 saturated heterocycles. The standard InChI is InChI=1S/C29H35FN4O2/c1-4-36-27-15-7-23(8-16-27)29(35)31-21-28(22-5-11-25(12-6-22)32(2)3)34-19-17-33(18-20-34)26-13-9-24(30)10-14-26/h5-16,28H,4,17-21H2,1-3H3,(H,31,35)/t28-/m0/s1. The van der Waals surface area contributed by atoms with Crippen LogP contribution in [0.3, 0.4) is 0 Å². The Bertz CT molecular complexity index is 1110. The van der Waals surface area contributed by atoms with Gasteiger partial charge in [-0.3, -0.25) is 9.69 Å². The number of ether oxygens (including phenoxy) is 1. The van der Waals surface area contributed by atoms with E-state index in [1.165, 1.54) is 17.7 Å². The number of amides is 1. The van der Waals surface area contributed by atoms with Crippen LogP contribution >= 0.6 is 0 Å². The lowest BCUT2D eigenvalue weighted by atomic mass is 10.0. The number of hydrogen-bond donors (Lipinski definition) is 1. The molecule has 7 heteroatoms. The number of benzene rings is 3. The van der Waals surface area contributed by atoms with Crippen molar-refractivity contribution in [3.8, 4) is 5.75 Å². The Morgan fingerprint density at radius 1 is 0.944 bits per heavy atom. The molecule has 0 radical (unpaired) electrons. The molecule has 1 atom stereocenters. The molecule has 1 heterocycles. The first-order valence-electron chi connectivity index (χ1n) is 12.5. The summed E-state index contributed by atoms with van der Waals surface area (Å²) in [6, 6.07) is 22.5. The van der Waals surface area contributed by atoms with E-state index in [9.17, 15) is 9.18 Å². The number of nitrogens with one attached hydrogen (secondary N) is 1. The van der Waals surface area contributed by atoms with Crippen LogP contribution in [-0.4, -0.2) is 64.2 Å². The van der Waals surface area contributed by atoms with Gasteiger partial charge in [0.05, 0.1) is 12.6 Å². The largest absolute Gasteiger partial charge is 0.494 e. The number of halogens is 1. The highest BCUT2D eigenvalue weighted by molar-refractivity contribution is 5.94. The summed E-state index contributed by atoms with van der Waals surface area (Å²) < 4.78 is 18.8. The zero-order chi connectivity index (χ0) is 25.5. The topological polar surface area (TPSA) is 48.1 Å². The zero-order valence-electron chi connectivity index (χ0n) is 21.3. The minimum atomic E-state index is -0.220. The number of anilines is 2. The van der Waals surface area contributed by atoms with Crippen LogP contribution < -0.4 is 19.9 Å². The minimum Gasteiger partial charge on any atom is -0.494 e. The molecular weight excluding hydrogens is 455 g/mol. The van der Waals surface area contributed by atoms with Gasteiger partial charge in [0, 0.05) is 63.8 Å². The van der Waals surface area contributed by atoms with Crippen LogP contribution in [0.25, 0.3) is 0 Å². The van der Waals surface area contributed by atoms with Crippen molar-refractivity contribution < 1.29 is 13.9 Å². The summed E-state index contributed by atoms with van der Waals surface area (Å²) >= 11 is 0. The number of nitrogens with zero attached hydrogens (tertiary/aromatic N) is 3. The molecule has 1 amide bonds.